The number of phenolic OH excluding ortho intramolecular Hbond substituents is 1. The molecule has 0 saturated heterocycles. The third-order valence-corrected chi connectivity index (χ3v) is 9.99. The van der Waals surface area contributed by atoms with E-state index in [0.717, 1.165) is 12.8 Å². The summed E-state index contributed by atoms with van der Waals surface area (Å²) in [7, 11) is 6.74. The average Bonchev–Trinajstić information content (AvgIpc) is 3.31. The number of carbonyl (C=O) groups excluding carboxylic acids is 5. The van der Waals surface area contributed by atoms with Crippen molar-refractivity contribution < 1.29 is 39.3 Å². The van der Waals surface area contributed by atoms with Gasteiger partial charge in [0.15, 0.2) is 34.7 Å². The van der Waals surface area contributed by atoms with Gasteiger partial charge < -0.3 is 26.0 Å². The topological polar surface area (TPSA) is 179 Å². The molecule has 1 amide bonds. The molecule has 5 rings (SSSR count). The number of rotatable bonds is 6. The minimum Gasteiger partial charge on any atom is -0.507 e. The van der Waals surface area contributed by atoms with Crippen LogP contribution in [0.25, 0.3) is 0 Å². The summed E-state index contributed by atoms with van der Waals surface area (Å²) in [6, 6.07) is 0.677. The van der Waals surface area contributed by atoms with Gasteiger partial charge in [-0.05, 0) is 75.7 Å². The summed E-state index contributed by atoms with van der Waals surface area (Å²) in [5.74, 6) is -10.6. The van der Waals surface area contributed by atoms with Gasteiger partial charge in [0.05, 0.1) is 23.1 Å². The Kier molecular flexibility index (Phi) is 7.15. The first kappa shape index (κ1) is 29.3. The Morgan fingerprint density at radius 3 is 2.24 bits per heavy atom. The van der Waals surface area contributed by atoms with E-state index in [4.69, 9.17) is 5.73 Å². The molecular weight excluding hydrogens is 530 g/mol. The number of primary amides is 1. The molecule has 222 valence electrons. The van der Waals surface area contributed by atoms with E-state index in [2.05, 4.69) is 0 Å². The van der Waals surface area contributed by atoms with Crippen LogP contribution in [-0.2, 0) is 32.0 Å². The van der Waals surface area contributed by atoms with Crippen LogP contribution in [0.15, 0.2) is 6.07 Å². The van der Waals surface area contributed by atoms with Crippen LogP contribution in [0.3, 0.4) is 0 Å². The minimum atomic E-state index is -2.75. The molecule has 11 nitrogen and oxygen atoms in total. The average molecular weight is 570 g/mol. The maximum Gasteiger partial charge on any atom is 0.235 e. The Labute approximate surface area is 238 Å². The maximum absolute atomic E-state index is 14.1. The fourth-order valence-electron chi connectivity index (χ4n) is 7.95. The van der Waals surface area contributed by atoms with Gasteiger partial charge in [-0.3, -0.25) is 28.9 Å². The molecule has 4 aliphatic carbocycles. The second kappa shape index (κ2) is 9.99. The molecule has 0 bridgehead atoms. The highest BCUT2D eigenvalue weighted by atomic mass is 16.3. The van der Waals surface area contributed by atoms with Crippen molar-refractivity contribution >= 4 is 34.7 Å². The fourth-order valence-corrected chi connectivity index (χ4v) is 7.95. The first-order chi connectivity index (χ1) is 19.1. The molecule has 0 aromatic heterocycles. The fraction of sp³-hybridized carbons (Fsp3) is 0.633. The normalized spacial score (nSPS) is 32.5. The van der Waals surface area contributed by atoms with Crippen molar-refractivity contribution in [1.82, 2.24) is 4.90 Å². The number of hydrogen-bond acceptors (Lipinski definition) is 10. The number of fused-ring (bicyclic) bond motifs is 3. The summed E-state index contributed by atoms with van der Waals surface area (Å²) in [5, 5.41) is 34.0. The number of nitrogens with zero attached hydrogens (tertiary/aromatic N) is 2. The molecule has 0 radical (unpaired) electrons. The Hall–Kier alpha value is -3.15. The summed E-state index contributed by atoms with van der Waals surface area (Å²) < 4.78 is 0. The zero-order valence-corrected chi connectivity index (χ0v) is 24.0. The lowest BCUT2D eigenvalue weighted by Crippen LogP contribution is -2.74. The molecular formula is C30H39N3O8. The molecule has 6 unspecified atom stereocenters. The summed E-state index contributed by atoms with van der Waals surface area (Å²) in [6.07, 6.45) is 4.15. The van der Waals surface area contributed by atoms with Crippen molar-refractivity contribution in [2.24, 2.45) is 29.4 Å². The van der Waals surface area contributed by atoms with Gasteiger partial charge in [0.1, 0.15) is 5.75 Å². The number of Topliss-reactive ketones (excluding diaryl/α,β-unsaturated/α-hetero) is 4. The van der Waals surface area contributed by atoms with Crippen molar-refractivity contribution in [3.8, 4) is 5.75 Å². The van der Waals surface area contributed by atoms with E-state index in [1.807, 2.05) is 25.1 Å². The molecule has 1 aromatic carbocycles. The number of carbonyl (C=O) groups is 5. The van der Waals surface area contributed by atoms with Gasteiger partial charge in [-0.25, -0.2) is 0 Å². The molecule has 6 atom stereocenters. The van der Waals surface area contributed by atoms with Crippen LogP contribution in [0.2, 0.25) is 0 Å². The van der Waals surface area contributed by atoms with Crippen molar-refractivity contribution in [2.45, 2.75) is 68.6 Å². The van der Waals surface area contributed by atoms with Crippen molar-refractivity contribution in [3.63, 3.8) is 0 Å². The largest absolute Gasteiger partial charge is 0.507 e. The lowest BCUT2D eigenvalue weighted by atomic mass is 9.52. The summed E-state index contributed by atoms with van der Waals surface area (Å²) in [5.41, 5.74) is 3.51. The zero-order valence-electron chi connectivity index (χ0n) is 24.0. The molecule has 4 aliphatic rings. The number of amides is 1. The summed E-state index contributed by atoms with van der Waals surface area (Å²) in [6.45, 7) is 0. The van der Waals surface area contributed by atoms with Crippen LogP contribution in [0, 0.1) is 23.7 Å². The second-order valence-electron chi connectivity index (χ2n) is 12.9. The van der Waals surface area contributed by atoms with Gasteiger partial charge >= 0.3 is 0 Å². The van der Waals surface area contributed by atoms with Crippen LogP contribution in [0.1, 0.15) is 60.0 Å². The van der Waals surface area contributed by atoms with E-state index in [9.17, 15) is 39.3 Å². The Morgan fingerprint density at radius 2 is 1.68 bits per heavy atom. The van der Waals surface area contributed by atoms with Gasteiger partial charge in [-0.2, -0.15) is 0 Å². The van der Waals surface area contributed by atoms with Crippen molar-refractivity contribution in [3.05, 3.63) is 22.8 Å². The number of hydrogen-bond donors (Lipinski definition) is 4. The lowest BCUT2D eigenvalue weighted by molar-refractivity contribution is -0.181. The number of aryl methyl sites for hydroxylation is 1. The van der Waals surface area contributed by atoms with E-state index in [1.165, 1.54) is 4.90 Å². The smallest absolute Gasteiger partial charge is 0.235 e. The van der Waals surface area contributed by atoms with Gasteiger partial charge in [0.2, 0.25) is 5.91 Å². The van der Waals surface area contributed by atoms with Crippen LogP contribution in [0.4, 0.5) is 5.69 Å². The molecule has 41 heavy (non-hydrogen) atoms. The first-order valence-corrected chi connectivity index (χ1v) is 14.3. The maximum atomic E-state index is 14.1. The Balaban J connectivity index is 1.59. The van der Waals surface area contributed by atoms with E-state index in [1.54, 1.807) is 14.1 Å². The highest BCUT2D eigenvalue weighted by molar-refractivity contribution is 6.32. The standard InChI is InChI=1S/C30H39N3O8/c1-32(2)18-13-14(7-10-29(40)8-5-6-9-29)23(34)20-16(18)11-15-12-17-22(33(3)4)25(36)21(28(31)39)27(38)30(17,41)26(37)19(15)24(20)35/h13,15,17,19,21-22,34,40-41H,5-12H2,1-4H3,(H2,31,39). The monoisotopic (exact) mass is 569 g/mol. The molecule has 0 aliphatic heterocycles. The van der Waals surface area contributed by atoms with Crippen LogP contribution >= 0.6 is 0 Å². The van der Waals surface area contributed by atoms with Crippen molar-refractivity contribution in [2.75, 3.05) is 33.1 Å². The molecule has 0 heterocycles. The van der Waals surface area contributed by atoms with E-state index < -0.39 is 70.0 Å². The Morgan fingerprint density at radius 1 is 1.05 bits per heavy atom. The summed E-state index contributed by atoms with van der Waals surface area (Å²) in [4.78, 5) is 70.3. The molecule has 1 aromatic rings. The number of aromatic hydroxyl groups is 1. The van der Waals surface area contributed by atoms with Crippen molar-refractivity contribution in [1.29, 1.82) is 0 Å². The van der Waals surface area contributed by atoms with Crippen LogP contribution < -0.4 is 10.6 Å². The molecule has 11 heteroatoms. The number of aliphatic hydroxyl groups is 2. The molecule has 0 spiro atoms. The number of ketones is 4. The number of likely N-dealkylation sites (N-methyl/N-ethyl adjacent to an activating group) is 1. The third kappa shape index (κ3) is 4.31. The molecule has 5 N–H and O–H groups in total. The van der Waals surface area contributed by atoms with Crippen LogP contribution in [0.5, 0.6) is 5.75 Å². The molecule has 3 saturated carbocycles. The van der Waals surface area contributed by atoms with Gasteiger partial charge in [-0.15, -0.1) is 0 Å². The lowest BCUT2D eigenvalue weighted by Gasteiger charge is -2.52. The third-order valence-electron chi connectivity index (χ3n) is 9.99. The predicted molar refractivity (Wildman–Crippen MR) is 147 cm³/mol. The number of phenols is 1. The zero-order chi connectivity index (χ0) is 30.2. The van der Waals surface area contributed by atoms with Gasteiger partial charge in [0, 0.05) is 25.7 Å². The predicted octanol–water partition coefficient (Wildman–Crippen LogP) is 0.171. The van der Waals surface area contributed by atoms with E-state index in [0.29, 0.717) is 42.5 Å². The van der Waals surface area contributed by atoms with Gasteiger partial charge in [-0.1, -0.05) is 12.8 Å². The number of anilines is 1. The number of benzene rings is 1. The first-order valence-electron chi connectivity index (χ1n) is 14.3. The van der Waals surface area contributed by atoms with E-state index >= 15 is 0 Å². The summed E-state index contributed by atoms with van der Waals surface area (Å²) >= 11 is 0. The van der Waals surface area contributed by atoms with E-state index in [-0.39, 0.29) is 24.2 Å². The second-order valence-corrected chi connectivity index (χ2v) is 12.9. The minimum absolute atomic E-state index is 0.00626. The molecule has 3 fully saturated rings. The quantitative estimate of drug-likeness (QED) is 0.345. The Bertz CT molecular complexity index is 1350. The SMILES string of the molecule is CN(C)c1cc(CCC2(O)CCCC2)c(O)c2c1CC1CC3C(N(C)C)C(=O)C(C(N)=O)C(=O)C3(O)C(=O)C1C2=O. The highest BCUT2D eigenvalue weighted by Gasteiger charge is 2.69. The highest BCUT2D eigenvalue weighted by Crippen LogP contribution is 2.52. The van der Waals surface area contributed by atoms with Crippen LogP contribution in [-0.4, -0.2) is 94.7 Å². The van der Waals surface area contributed by atoms with Gasteiger partial charge in [0.25, 0.3) is 0 Å². The number of nitrogens with two attached hydrogens (primary N) is 1.